The molecule has 0 aromatic heterocycles. The Morgan fingerprint density at radius 2 is 1.73 bits per heavy atom. The molecule has 4 amide bonds. The molecule has 2 heterocycles. The Morgan fingerprint density at radius 3 is 2.29 bits per heavy atom. The van der Waals surface area contributed by atoms with Crippen molar-refractivity contribution >= 4 is 29.3 Å². The van der Waals surface area contributed by atoms with Gasteiger partial charge in [-0.1, -0.05) is 97.5 Å². The number of nitriles is 1. The summed E-state index contributed by atoms with van der Waals surface area (Å²) in [7, 11) is 0.889. The van der Waals surface area contributed by atoms with Crippen molar-refractivity contribution in [3.8, 4) is 11.8 Å². The number of ether oxygens (including phenoxy) is 1. The summed E-state index contributed by atoms with van der Waals surface area (Å²) in [6.07, 6.45) is 8.19. The van der Waals surface area contributed by atoms with Gasteiger partial charge in [0.15, 0.2) is 7.05 Å². The van der Waals surface area contributed by atoms with E-state index in [4.69, 9.17) is 20.6 Å². The van der Waals surface area contributed by atoms with Gasteiger partial charge >= 0.3 is 0 Å². The molecule has 352 valence electrons. The lowest BCUT2D eigenvalue weighted by Gasteiger charge is -2.31. The summed E-state index contributed by atoms with van der Waals surface area (Å²) in [6.45, 7) is 23.0. The predicted octanol–water partition coefficient (Wildman–Crippen LogP) is 9.34. The van der Waals surface area contributed by atoms with E-state index in [-0.39, 0.29) is 54.3 Å². The van der Waals surface area contributed by atoms with Crippen LogP contribution in [0.2, 0.25) is 0 Å². The van der Waals surface area contributed by atoms with Crippen LogP contribution >= 0.6 is 0 Å². The molecular formula is C52H67N7O7. The van der Waals surface area contributed by atoms with Gasteiger partial charge in [0.05, 0.1) is 35.8 Å². The molecule has 2 aliphatic rings. The quantitative estimate of drug-likeness (QED) is 0.0540. The van der Waals surface area contributed by atoms with E-state index in [1.807, 2.05) is 39.0 Å². The van der Waals surface area contributed by atoms with E-state index in [1.165, 1.54) is 5.56 Å². The van der Waals surface area contributed by atoms with Crippen LogP contribution in [0.25, 0.3) is 0 Å². The molecule has 66 heavy (non-hydrogen) atoms. The highest BCUT2D eigenvalue weighted by molar-refractivity contribution is 6.22. The molecule has 2 aliphatic heterocycles. The monoisotopic (exact) mass is 902 g/mol. The number of benzene rings is 3. The first-order valence-electron chi connectivity index (χ1n) is 22.6. The first-order valence-corrected chi connectivity index (χ1v) is 22.6. The van der Waals surface area contributed by atoms with Crippen LogP contribution in [-0.4, -0.2) is 58.9 Å². The molecule has 0 aliphatic carbocycles. The van der Waals surface area contributed by atoms with Crippen molar-refractivity contribution in [2.75, 3.05) is 13.7 Å². The van der Waals surface area contributed by atoms with Gasteiger partial charge < -0.3 is 21.1 Å². The van der Waals surface area contributed by atoms with Gasteiger partial charge in [-0.05, 0) is 110 Å². The van der Waals surface area contributed by atoms with Crippen molar-refractivity contribution in [1.82, 2.24) is 15.5 Å². The standard InChI is InChI=1S/C40H44N4O5.C11H20N2.CH3NO2/c1-7-24(3)28-10-12-30(13-11-28)40(5,6)31-20-27(8-2)37(29(21-31)22-41)49-18-17-35(45)42-23-26-9-14-32-33(19-26)39(48)44(38(32)47)34-15-16-36(46)43-25(34)4;1-5-8-10(7-3)13-11(12)9(4)6-2;1-2(3)4/h9-14,19-21,24,34H,4,7-8,15-18,23H2,1-3,5-6H3,(H,42,45)(H,43,46);5,8H,6-7,12H2,1-4H3;1H3/b;8-5-,11-9?,13-10-;. The average Bonchev–Trinajstić information content (AvgIpc) is 3.54. The molecule has 0 spiro atoms. The number of imide groups is 1. The predicted molar refractivity (Wildman–Crippen MR) is 260 cm³/mol. The summed E-state index contributed by atoms with van der Waals surface area (Å²) in [4.78, 5) is 64.6. The number of amides is 4. The molecule has 5 rings (SSSR count). The van der Waals surface area contributed by atoms with Gasteiger partial charge in [0.2, 0.25) is 11.8 Å². The first-order chi connectivity index (χ1) is 31.3. The van der Waals surface area contributed by atoms with Crippen molar-refractivity contribution < 1.29 is 28.8 Å². The maximum Gasteiger partial charge on any atom is 0.262 e. The van der Waals surface area contributed by atoms with Gasteiger partial charge in [0.25, 0.3) is 11.8 Å². The zero-order valence-electron chi connectivity index (χ0n) is 40.3. The smallest absolute Gasteiger partial charge is 0.262 e. The highest BCUT2D eigenvalue weighted by Crippen LogP contribution is 2.37. The first kappa shape index (κ1) is 53.5. The minimum absolute atomic E-state index is 0.0649. The molecular weight excluding hydrogens is 835 g/mol. The summed E-state index contributed by atoms with van der Waals surface area (Å²) in [6, 6.07) is 19.3. The number of carbonyl (C=O) groups excluding carboxylic acids is 4. The summed E-state index contributed by atoms with van der Waals surface area (Å²) in [5, 5.41) is 24.4. The van der Waals surface area contributed by atoms with Crippen molar-refractivity contribution in [2.24, 2.45) is 10.7 Å². The number of nitrogens with one attached hydrogen (secondary N) is 2. The topological polar surface area (TPSA) is 210 Å². The van der Waals surface area contributed by atoms with Crippen molar-refractivity contribution in [1.29, 1.82) is 5.26 Å². The van der Waals surface area contributed by atoms with E-state index in [0.29, 0.717) is 47.2 Å². The van der Waals surface area contributed by atoms with Crippen molar-refractivity contribution in [2.45, 2.75) is 131 Å². The van der Waals surface area contributed by atoms with Crippen LogP contribution in [0, 0.1) is 21.4 Å². The van der Waals surface area contributed by atoms with Gasteiger partial charge in [-0.25, -0.2) is 4.99 Å². The number of hydrogen-bond acceptors (Lipinski definition) is 10. The molecule has 3 aromatic carbocycles. The SMILES string of the molecule is C/C=C\C(CC)=N/C(N)=C(C)CC.C=C1NC(=O)CCC1N1C(=O)c2ccc(CNC(=O)CCOc3c(C#N)cc(C(C)(C)c4ccc(C(C)CC)cc4)cc3CC)cc2C1=O.C[N+](=O)[O-]. The van der Waals surface area contributed by atoms with Crippen molar-refractivity contribution in [3.05, 3.63) is 145 Å². The fourth-order valence-electron chi connectivity index (χ4n) is 7.34. The Labute approximate surface area is 390 Å². The fraction of sp³-hybridized carbons (Fsp3) is 0.423. The minimum Gasteiger partial charge on any atom is -0.491 e. The summed E-state index contributed by atoms with van der Waals surface area (Å²) >= 11 is 0. The van der Waals surface area contributed by atoms with Crippen LogP contribution in [0.15, 0.2) is 95.4 Å². The number of aliphatic imine (C=N–C) groups is 1. The molecule has 2 unspecified atom stereocenters. The number of fused-ring (bicyclic) bond motifs is 1. The van der Waals surface area contributed by atoms with Gasteiger partial charge in [-0.15, -0.1) is 0 Å². The molecule has 1 saturated heterocycles. The van der Waals surface area contributed by atoms with Gasteiger partial charge in [-0.3, -0.25) is 34.2 Å². The van der Waals surface area contributed by atoms with Crippen LogP contribution in [0.1, 0.15) is 161 Å². The van der Waals surface area contributed by atoms with Crippen LogP contribution in [0.4, 0.5) is 0 Å². The lowest BCUT2D eigenvalue weighted by molar-refractivity contribution is -0.445. The number of carbonyl (C=O) groups is 4. The highest BCUT2D eigenvalue weighted by Gasteiger charge is 2.42. The maximum atomic E-state index is 13.2. The Kier molecular flexibility index (Phi) is 20.2. The summed E-state index contributed by atoms with van der Waals surface area (Å²) < 4.78 is 6.07. The van der Waals surface area contributed by atoms with E-state index in [2.05, 4.69) is 100 Å². The number of rotatable bonds is 16. The number of nitrogens with two attached hydrogens (primary N) is 1. The minimum atomic E-state index is -0.600. The molecule has 0 saturated carbocycles. The van der Waals surface area contributed by atoms with E-state index in [9.17, 15) is 24.4 Å². The number of aryl methyl sites for hydroxylation is 1. The Bertz CT molecular complexity index is 2400. The third-order valence-corrected chi connectivity index (χ3v) is 11.9. The second-order valence-corrected chi connectivity index (χ2v) is 16.8. The maximum absolute atomic E-state index is 13.2. The van der Waals surface area contributed by atoms with Gasteiger partial charge in [0, 0.05) is 34.7 Å². The molecule has 0 bridgehead atoms. The van der Waals surface area contributed by atoms with E-state index in [1.54, 1.807) is 18.2 Å². The Balaban J connectivity index is 0.000000577. The molecule has 14 heteroatoms. The zero-order chi connectivity index (χ0) is 49.3. The second kappa shape index (κ2) is 25.0. The average molecular weight is 902 g/mol. The Morgan fingerprint density at radius 1 is 1.08 bits per heavy atom. The lowest BCUT2D eigenvalue weighted by Crippen LogP contribution is -2.48. The Hall–Kier alpha value is -6.88. The zero-order valence-corrected chi connectivity index (χ0v) is 40.3. The summed E-state index contributed by atoms with van der Waals surface area (Å²) in [5.41, 5.74) is 14.0. The van der Waals surface area contributed by atoms with E-state index < -0.39 is 22.8 Å². The van der Waals surface area contributed by atoms with Crippen LogP contribution in [0.5, 0.6) is 5.75 Å². The van der Waals surface area contributed by atoms with E-state index in [0.717, 1.165) is 59.2 Å². The molecule has 0 radical (unpaired) electrons. The third kappa shape index (κ3) is 14.1. The number of allylic oxidation sites excluding steroid dienone is 3. The van der Waals surface area contributed by atoms with Crippen LogP contribution in [-0.2, 0) is 28.0 Å². The largest absolute Gasteiger partial charge is 0.491 e. The second-order valence-electron chi connectivity index (χ2n) is 16.8. The van der Waals surface area contributed by atoms with Crippen LogP contribution < -0.4 is 21.1 Å². The van der Waals surface area contributed by atoms with Gasteiger partial charge in [0.1, 0.15) is 17.6 Å². The van der Waals surface area contributed by atoms with Crippen molar-refractivity contribution in [3.63, 3.8) is 0 Å². The fourth-order valence-corrected chi connectivity index (χ4v) is 7.34. The van der Waals surface area contributed by atoms with E-state index >= 15 is 0 Å². The normalized spacial score (nSPS) is 15.6. The number of nitro groups is 1. The third-order valence-electron chi connectivity index (χ3n) is 11.9. The molecule has 1 fully saturated rings. The highest BCUT2D eigenvalue weighted by atomic mass is 16.6. The molecule has 3 aromatic rings. The van der Waals surface area contributed by atoms with Gasteiger partial charge in [-0.2, -0.15) is 5.26 Å². The number of piperidine rings is 1. The molecule has 14 nitrogen and oxygen atoms in total. The summed E-state index contributed by atoms with van der Waals surface area (Å²) in [5.74, 6) is 0.344. The number of hydrogen-bond donors (Lipinski definition) is 3. The van der Waals surface area contributed by atoms with Crippen LogP contribution in [0.3, 0.4) is 0 Å². The lowest BCUT2D eigenvalue weighted by atomic mass is 9.76. The number of nitrogens with zero attached hydrogens (tertiary/aromatic N) is 4. The molecule has 2 atom stereocenters. The molecule has 4 N–H and O–H groups in total.